The van der Waals surface area contributed by atoms with Gasteiger partial charge in [-0.3, -0.25) is 0 Å². The molecule has 0 aliphatic carbocycles. The van der Waals surface area contributed by atoms with Crippen molar-refractivity contribution in [1.82, 2.24) is 0 Å². The van der Waals surface area contributed by atoms with E-state index in [-0.39, 0.29) is 0 Å². The van der Waals surface area contributed by atoms with Gasteiger partial charge < -0.3 is 10.5 Å². The van der Waals surface area contributed by atoms with Gasteiger partial charge in [-0.05, 0) is 36.7 Å². The van der Waals surface area contributed by atoms with Crippen molar-refractivity contribution >= 4 is 0 Å². The van der Waals surface area contributed by atoms with E-state index >= 15 is 0 Å². The minimum atomic E-state index is 0.385. The van der Waals surface area contributed by atoms with Gasteiger partial charge in [0.05, 0.1) is 0 Å². The van der Waals surface area contributed by atoms with Crippen LogP contribution in [0.15, 0.2) is 54.6 Å². The Morgan fingerprint density at radius 3 is 2.47 bits per heavy atom. The van der Waals surface area contributed by atoms with E-state index in [0.29, 0.717) is 13.2 Å². The molecule has 0 unspecified atom stereocenters. The van der Waals surface area contributed by atoms with E-state index in [1.807, 2.05) is 54.6 Å². The van der Waals surface area contributed by atoms with Gasteiger partial charge in [0, 0.05) is 5.56 Å². The predicted molar refractivity (Wildman–Crippen MR) is 78.0 cm³/mol. The Balaban J connectivity index is 1.95. The SMILES string of the molecule is NCCc1ccccc1OCC#Cc1ccccc1. The Kier molecular flexibility index (Phi) is 5.04. The zero-order chi connectivity index (χ0) is 13.3. The molecule has 0 aliphatic rings. The van der Waals surface area contributed by atoms with Gasteiger partial charge >= 0.3 is 0 Å². The molecule has 0 radical (unpaired) electrons. The maximum Gasteiger partial charge on any atom is 0.149 e. The number of hydrogen-bond acceptors (Lipinski definition) is 2. The largest absolute Gasteiger partial charge is 0.481 e. The number of para-hydroxylation sites is 1. The van der Waals surface area contributed by atoms with E-state index in [1.165, 1.54) is 0 Å². The topological polar surface area (TPSA) is 35.2 Å². The van der Waals surface area contributed by atoms with Crippen LogP contribution >= 0.6 is 0 Å². The average Bonchev–Trinajstić information content (AvgIpc) is 2.47. The van der Waals surface area contributed by atoms with Crippen LogP contribution in [-0.2, 0) is 6.42 Å². The van der Waals surface area contributed by atoms with Crippen molar-refractivity contribution < 1.29 is 4.74 Å². The minimum Gasteiger partial charge on any atom is -0.481 e. The molecule has 0 atom stereocenters. The van der Waals surface area contributed by atoms with Crippen LogP contribution in [0.3, 0.4) is 0 Å². The fraction of sp³-hybridized carbons (Fsp3) is 0.176. The van der Waals surface area contributed by atoms with Gasteiger partial charge in [-0.1, -0.05) is 48.2 Å². The van der Waals surface area contributed by atoms with Crippen molar-refractivity contribution in [3.05, 3.63) is 65.7 Å². The zero-order valence-corrected chi connectivity index (χ0v) is 10.8. The lowest BCUT2D eigenvalue weighted by Crippen LogP contribution is -2.05. The van der Waals surface area contributed by atoms with Crippen LogP contribution < -0.4 is 10.5 Å². The highest BCUT2D eigenvalue weighted by atomic mass is 16.5. The Morgan fingerprint density at radius 2 is 1.68 bits per heavy atom. The number of ether oxygens (including phenoxy) is 1. The molecule has 0 saturated heterocycles. The van der Waals surface area contributed by atoms with Crippen molar-refractivity contribution in [3.63, 3.8) is 0 Å². The van der Waals surface area contributed by atoms with Crippen LogP contribution in [0, 0.1) is 11.8 Å². The van der Waals surface area contributed by atoms with E-state index in [4.69, 9.17) is 10.5 Å². The standard InChI is InChI=1S/C17H17NO/c18-13-12-16-10-4-5-11-17(16)19-14-6-9-15-7-2-1-3-8-15/h1-5,7-8,10-11H,12-14,18H2. The molecule has 2 rings (SSSR count). The Labute approximate surface area is 114 Å². The van der Waals surface area contributed by atoms with E-state index in [9.17, 15) is 0 Å². The van der Waals surface area contributed by atoms with Crippen LogP contribution in [-0.4, -0.2) is 13.2 Å². The summed E-state index contributed by atoms with van der Waals surface area (Å²) in [7, 11) is 0. The molecule has 2 nitrogen and oxygen atoms in total. The highest BCUT2D eigenvalue weighted by Crippen LogP contribution is 2.17. The summed E-state index contributed by atoms with van der Waals surface area (Å²) in [5.41, 5.74) is 7.71. The molecule has 0 spiro atoms. The lowest BCUT2D eigenvalue weighted by molar-refractivity contribution is 0.366. The summed E-state index contributed by atoms with van der Waals surface area (Å²) >= 11 is 0. The number of nitrogens with two attached hydrogens (primary N) is 1. The van der Waals surface area contributed by atoms with E-state index in [2.05, 4.69) is 11.8 Å². The molecular weight excluding hydrogens is 234 g/mol. The maximum absolute atomic E-state index is 5.68. The fourth-order valence-corrected chi connectivity index (χ4v) is 1.78. The van der Waals surface area contributed by atoms with Crippen LogP contribution in [0.4, 0.5) is 0 Å². The summed E-state index contributed by atoms with van der Waals surface area (Å²) in [6.45, 7) is 1.01. The summed E-state index contributed by atoms with van der Waals surface area (Å²) in [4.78, 5) is 0. The summed E-state index contributed by atoms with van der Waals surface area (Å²) in [5, 5.41) is 0. The molecule has 0 aromatic heterocycles. The second-order valence-corrected chi connectivity index (χ2v) is 4.10. The molecule has 2 heteroatoms. The molecule has 0 amide bonds. The molecule has 2 aromatic carbocycles. The third-order valence-electron chi connectivity index (χ3n) is 2.69. The monoisotopic (exact) mass is 251 g/mol. The van der Waals surface area contributed by atoms with Gasteiger partial charge in [-0.15, -0.1) is 0 Å². The molecular formula is C17H17NO. The van der Waals surface area contributed by atoms with Crippen molar-refractivity contribution in [3.8, 4) is 17.6 Å². The first-order valence-corrected chi connectivity index (χ1v) is 6.35. The third-order valence-corrected chi connectivity index (χ3v) is 2.69. The summed E-state index contributed by atoms with van der Waals surface area (Å²) in [5.74, 6) is 6.95. The highest BCUT2D eigenvalue weighted by Gasteiger charge is 2.00. The van der Waals surface area contributed by atoms with E-state index in [0.717, 1.165) is 23.3 Å². The van der Waals surface area contributed by atoms with E-state index in [1.54, 1.807) is 0 Å². The zero-order valence-electron chi connectivity index (χ0n) is 10.8. The van der Waals surface area contributed by atoms with Gasteiger partial charge in [0.1, 0.15) is 12.4 Å². The second-order valence-electron chi connectivity index (χ2n) is 4.10. The average molecular weight is 251 g/mol. The number of hydrogen-bond donors (Lipinski definition) is 1. The first-order chi connectivity index (χ1) is 9.40. The predicted octanol–water partition coefficient (Wildman–Crippen LogP) is 2.62. The fourth-order valence-electron chi connectivity index (χ4n) is 1.78. The molecule has 2 aromatic rings. The second kappa shape index (κ2) is 7.25. The Bertz CT molecular complexity index is 567. The van der Waals surface area contributed by atoms with Crippen molar-refractivity contribution in [2.45, 2.75) is 6.42 Å². The van der Waals surface area contributed by atoms with Crippen molar-refractivity contribution in [2.24, 2.45) is 5.73 Å². The number of benzene rings is 2. The summed E-state index contributed by atoms with van der Waals surface area (Å²) in [6.07, 6.45) is 0.822. The van der Waals surface area contributed by atoms with Crippen LogP contribution in [0.2, 0.25) is 0 Å². The van der Waals surface area contributed by atoms with Gasteiger partial charge in [-0.25, -0.2) is 0 Å². The maximum atomic E-state index is 5.68. The van der Waals surface area contributed by atoms with Gasteiger partial charge in [0.15, 0.2) is 0 Å². The number of rotatable bonds is 4. The molecule has 0 heterocycles. The smallest absolute Gasteiger partial charge is 0.149 e. The molecule has 0 bridgehead atoms. The van der Waals surface area contributed by atoms with Gasteiger partial charge in [0.25, 0.3) is 0 Å². The third kappa shape index (κ3) is 4.17. The summed E-state index contributed by atoms with van der Waals surface area (Å²) in [6, 6.07) is 17.8. The Hall–Kier alpha value is -2.24. The molecule has 19 heavy (non-hydrogen) atoms. The van der Waals surface area contributed by atoms with Gasteiger partial charge in [-0.2, -0.15) is 0 Å². The minimum absolute atomic E-state index is 0.385. The first-order valence-electron chi connectivity index (χ1n) is 6.35. The molecule has 0 saturated carbocycles. The van der Waals surface area contributed by atoms with Crippen LogP contribution in [0.5, 0.6) is 5.75 Å². The molecule has 0 aliphatic heterocycles. The van der Waals surface area contributed by atoms with Crippen LogP contribution in [0.1, 0.15) is 11.1 Å². The normalized spacial score (nSPS) is 9.53. The van der Waals surface area contributed by atoms with Gasteiger partial charge in [0.2, 0.25) is 0 Å². The first kappa shape index (κ1) is 13.2. The lowest BCUT2D eigenvalue weighted by Gasteiger charge is -2.07. The lowest BCUT2D eigenvalue weighted by atomic mass is 10.1. The quantitative estimate of drug-likeness (QED) is 0.848. The Morgan fingerprint density at radius 1 is 0.947 bits per heavy atom. The molecule has 2 N–H and O–H groups in total. The summed E-state index contributed by atoms with van der Waals surface area (Å²) < 4.78 is 5.68. The molecule has 96 valence electrons. The highest BCUT2D eigenvalue weighted by molar-refractivity contribution is 5.35. The van der Waals surface area contributed by atoms with E-state index < -0.39 is 0 Å². The van der Waals surface area contributed by atoms with Crippen molar-refractivity contribution in [2.75, 3.05) is 13.2 Å². The molecule has 0 fully saturated rings. The van der Waals surface area contributed by atoms with Crippen molar-refractivity contribution in [1.29, 1.82) is 0 Å². The van der Waals surface area contributed by atoms with Crippen LogP contribution in [0.25, 0.3) is 0 Å².